The molecule has 1 saturated heterocycles. The second-order valence-corrected chi connectivity index (χ2v) is 5.62. The van der Waals surface area contributed by atoms with Gasteiger partial charge in [0, 0.05) is 25.2 Å². The monoisotopic (exact) mass is 310 g/mol. The van der Waals surface area contributed by atoms with Crippen LogP contribution in [-0.2, 0) is 9.59 Å². The minimum Gasteiger partial charge on any atom is -0.397 e. The van der Waals surface area contributed by atoms with Gasteiger partial charge in [-0.15, -0.1) is 0 Å². The van der Waals surface area contributed by atoms with Crippen molar-refractivity contribution in [1.29, 1.82) is 0 Å². The molecule has 0 spiro atoms. The Bertz CT molecular complexity index is 564. The molecule has 0 aliphatic carbocycles. The first-order valence-corrected chi connectivity index (χ1v) is 7.10. The van der Waals surface area contributed by atoms with E-state index in [-0.39, 0.29) is 18.4 Å². The highest BCUT2D eigenvalue weighted by Gasteiger charge is 2.28. The number of carbonyl (C=O) groups excluding carboxylic acids is 2. The summed E-state index contributed by atoms with van der Waals surface area (Å²) in [6, 6.07) is 4.51. The van der Waals surface area contributed by atoms with Gasteiger partial charge in [-0.05, 0) is 25.1 Å². The van der Waals surface area contributed by atoms with Gasteiger partial charge in [0.25, 0.3) is 0 Å². The fraction of sp³-hybridized carbons (Fsp3) is 0.429. The minimum absolute atomic E-state index is 0.0203. The van der Waals surface area contributed by atoms with Gasteiger partial charge in [-0.25, -0.2) is 0 Å². The molecule has 1 unspecified atom stereocenters. The maximum atomic E-state index is 12.3. The van der Waals surface area contributed by atoms with Crippen LogP contribution in [0.4, 0.5) is 11.4 Å². The molecule has 1 fully saturated rings. The molecule has 6 nitrogen and oxygen atoms in total. The molecular formula is C14H19ClN4O2. The van der Waals surface area contributed by atoms with Crippen molar-refractivity contribution in [2.75, 3.05) is 37.7 Å². The maximum Gasteiger partial charge on any atom is 0.241 e. The van der Waals surface area contributed by atoms with Crippen LogP contribution in [0, 0.1) is 0 Å². The van der Waals surface area contributed by atoms with E-state index in [0.717, 1.165) is 0 Å². The Hall–Kier alpha value is -1.79. The summed E-state index contributed by atoms with van der Waals surface area (Å²) in [5.74, 6) is -0.173. The Kier molecular flexibility index (Phi) is 4.69. The van der Waals surface area contributed by atoms with Gasteiger partial charge in [-0.3, -0.25) is 14.5 Å². The van der Waals surface area contributed by atoms with E-state index in [2.05, 4.69) is 5.32 Å². The van der Waals surface area contributed by atoms with Crippen LogP contribution in [-0.4, -0.2) is 54.3 Å². The molecule has 7 heteroatoms. The van der Waals surface area contributed by atoms with E-state index in [4.69, 9.17) is 17.3 Å². The van der Waals surface area contributed by atoms with Crippen LogP contribution < -0.4 is 11.1 Å². The number of nitrogens with two attached hydrogens (primary N) is 1. The molecule has 1 atom stereocenters. The van der Waals surface area contributed by atoms with Gasteiger partial charge in [0.15, 0.2) is 0 Å². The topological polar surface area (TPSA) is 78.7 Å². The molecule has 3 N–H and O–H groups in total. The SMILES string of the molecule is CC(C(=O)Nc1ccc(Cl)cc1N)N1CCN(C)C(=O)C1. The summed E-state index contributed by atoms with van der Waals surface area (Å²) in [7, 11) is 1.76. The minimum atomic E-state index is -0.405. The highest BCUT2D eigenvalue weighted by molar-refractivity contribution is 6.31. The highest BCUT2D eigenvalue weighted by Crippen LogP contribution is 2.23. The summed E-state index contributed by atoms with van der Waals surface area (Å²) in [5.41, 5.74) is 6.75. The molecule has 21 heavy (non-hydrogen) atoms. The molecule has 0 radical (unpaired) electrons. The lowest BCUT2D eigenvalue weighted by atomic mass is 10.2. The van der Waals surface area contributed by atoms with E-state index in [1.165, 1.54) is 0 Å². The van der Waals surface area contributed by atoms with Gasteiger partial charge in [-0.1, -0.05) is 11.6 Å². The number of amides is 2. The second-order valence-electron chi connectivity index (χ2n) is 5.18. The van der Waals surface area contributed by atoms with Crippen molar-refractivity contribution >= 4 is 34.8 Å². The molecule has 2 amide bonds. The number of nitrogens with one attached hydrogen (secondary N) is 1. The van der Waals surface area contributed by atoms with Crippen molar-refractivity contribution in [1.82, 2.24) is 9.80 Å². The van der Waals surface area contributed by atoms with Gasteiger partial charge >= 0.3 is 0 Å². The average molecular weight is 311 g/mol. The summed E-state index contributed by atoms with van der Waals surface area (Å²) < 4.78 is 0. The molecule has 0 aromatic heterocycles. The molecule has 1 aromatic carbocycles. The third-order valence-electron chi connectivity index (χ3n) is 3.69. The summed E-state index contributed by atoms with van der Waals surface area (Å²) in [6.07, 6.45) is 0. The molecule has 1 aliphatic rings. The first kappa shape index (κ1) is 15.6. The van der Waals surface area contributed by atoms with Crippen molar-refractivity contribution in [2.45, 2.75) is 13.0 Å². The van der Waals surface area contributed by atoms with E-state index < -0.39 is 6.04 Å². The number of hydrogen-bond acceptors (Lipinski definition) is 4. The fourth-order valence-corrected chi connectivity index (χ4v) is 2.34. The summed E-state index contributed by atoms with van der Waals surface area (Å²) >= 11 is 5.82. The lowest BCUT2D eigenvalue weighted by Gasteiger charge is -2.35. The number of nitrogen functional groups attached to an aromatic ring is 1. The van der Waals surface area contributed by atoms with E-state index >= 15 is 0 Å². The molecule has 1 aliphatic heterocycles. The van der Waals surface area contributed by atoms with Crippen LogP contribution in [0.2, 0.25) is 5.02 Å². The smallest absolute Gasteiger partial charge is 0.241 e. The fourth-order valence-electron chi connectivity index (χ4n) is 2.16. The first-order valence-electron chi connectivity index (χ1n) is 6.72. The van der Waals surface area contributed by atoms with Crippen molar-refractivity contribution in [3.05, 3.63) is 23.2 Å². The van der Waals surface area contributed by atoms with Crippen LogP contribution in [0.5, 0.6) is 0 Å². The van der Waals surface area contributed by atoms with E-state index in [1.54, 1.807) is 37.1 Å². The Morgan fingerprint density at radius 3 is 2.76 bits per heavy atom. The Balaban J connectivity index is 2.01. The predicted octanol–water partition coefficient (Wildman–Crippen LogP) is 1.02. The maximum absolute atomic E-state index is 12.3. The van der Waals surface area contributed by atoms with Crippen LogP contribution in [0.3, 0.4) is 0 Å². The van der Waals surface area contributed by atoms with Crippen LogP contribution >= 0.6 is 11.6 Å². The number of carbonyl (C=O) groups is 2. The van der Waals surface area contributed by atoms with Gasteiger partial charge in [0.1, 0.15) is 0 Å². The standard InChI is InChI=1S/C14H19ClN4O2/c1-9(19-6-5-18(2)13(20)8-19)14(21)17-12-4-3-10(15)7-11(12)16/h3-4,7,9H,5-6,8,16H2,1-2H3,(H,17,21). The largest absolute Gasteiger partial charge is 0.397 e. The van der Waals surface area contributed by atoms with E-state index in [9.17, 15) is 9.59 Å². The number of benzene rings is 1. The van der Waals surface area contributed by atoms with Crippen LogP contribution in [0.1, 0.15) is 6.92 Å². The number of rotatable bonds is 3. The molecule has 0 saturated carbocycles. The van der Waals surface area contributed by atoms with E-state index in [1.807, 2.05) is 4.90 Å². The number of anilines is 2. The normalized spacial score (nSPS) is 17.7. The Morgan fingerprint density at radius 1 is 1.43 bits per heavy atom. The molecular weight excluding hydrogens is 292 g/mol. The van der Waals surface area contributed by atoms with Gasteiger partial charge < -0.3 is 16.0 Å². The zero-order chi connectivity index (χ0) is 15.6. The molecule has 114 valence electrons. The Morgan fingerprint density at radius 2 is 2.14 bits per heavy atom. The third kappa shape index (κ3) is 3.65. The van der Waals surface area contributed by atoms with E-state index in [0.29, 0.717) is 29.5 Å². The third-order valence-corrected chi connectivity index (χ3v) is 3.92. The number of likely N-dealkylation sites (N-methyl/N-ethyl adjacent to an activating group) is 1. The lowest BCUT2D eigenvalue weighted by Crippen LogP contribution is -2.54. The Labute approximate surface area is 128 Å². The number of nitrogens with zero attached hydrogens (tertiary/aromatic N) is 2. The summed E-state index contributed by atoms with van der Waals surface area (Å²) in [4.78, 5) is 27.5. The number of halogens is 1. The summed E-state index contributed by atoms with van der Waals surface area (Å²) in [5, 5.41) is 3.29. The number of hydrogen-bond donors (Lipinski definition) is 2. The molecule has 1 heterocycles. The first-order chi connectivity index (χ1) is 9.88. The molecule has 0 bridgehead atoms. The average Bonchev–Trinajstić information content (AvgIpc) is 2.44. The quantitative estimate of drug-likeness (QED) is 0.817. The van der Waals surface area contributed by atoms with Crippen molar-refractivity contribution < 1.29 is 9.59 Å². The van der Waals surface area contributed by atoms with Crippen LogP contribution in [0.15, 0.2) is 18.2 Å². The second kappa shape index (κ2) is 6.32. The molecule has 1 aromatic rings. The lowest BCUT2D eigenvalue weighted by molar-refractivity contribution is -0.136. The highest BCUT2D eigenvalue weighted by atomic mass is 35.5. The van der Waals surface area contributed by atoms with Crippen LogP contribution in [0.25, 0.3) is 0 Å². The predicted molar refractivity (Wildman–Crippen MR) is 83.2 cm³/mol. The van der Waals surface area contributed by atoms with Crippen molar-refractivity contribution in [2.24, 2.45) is 0 Å². The van der Waals surface area contributed by atoms with Gasteiger partial charge in [0.05, 0.1) is 24.0 Å². The zero-order valence-corrected chi connectivity index (χ0v) is 12.9. The molecule has 2 rings (SSSR count). The van der Waals surface area contributed by atoms with Crippen molar-refractivity contribution in [3.63, 3.8) is 0 Å². The number of piperazine rings is 1. The van der Waals surface area contributed by atoms with Gasteiger partial charge in [-0.2, -0.15) is 0 Å². The zero-order valence-electron chi connectivity index (χ0n) is 12.1. The summed E-state index contributed by atoms with van der Waals surface area (Å²) in [6.45, 7) is 3.33. The van der Waals surface area contributed by atoms with Gasteiger partial charge in [0.2, 0.25) is 11.8 Å². The van der Waals surface area contributed by atoms with Crippen molar-refractivity contribution in [3.8, 4) is 0 Å².